The third-order valence-electron chi connectivity index (χ3n) is 3.42. The third-order valence-corrected chi connectivity index (χ3v) is 3.42. The number of nitrogens with one attached hydrogen (secondary N) is 1. The molecular formula is C16H20N4O3. The number of carbonyl (C=O) groups excluding carboxylic acids is 2. The number of Topliss-reactive ketones (excluding diaryl/α,β-unsaturated/α-hetero) is 1. The molecule has 1 N–H and O–H groups in total. The van der Waals surface area contributed by atoms with Crippen molar-refractivity contribution >= 4 is 17.6 Å². The topological polar surface area (TPSA) is 86.1 Å². The Hall–Kier alpha value is -2.70. The van der Waals surface area contributed by atoms with Gasteiger partial charge in [0.1, 0.15) is 6.04 Å². The summed E-state index contributed by atoms with van der Waals surface area (Å²) in [6, 6.07) is 8.66. The van der Waals surface area contributed by atoms with Crippen molar-refractivity contribution in [3.8, 4) is 5.69 Å². The lowest BCUT2D eigenvalue weighted by molar-refractivity contribution is -0.142. The van der Waals surface area contributed by atoms with Crippen LogP contribution >= 0.6 is 0 Å². The van der Waals surface area contributed by atoms with E-state index < -0.39 is 12.0 Å². The van der Waals surface area contributed by atoms with Gasteiger partial charge < -0.3 is 10.1 Å². The van der Waals surface area contributed by atoms with E-state index in [9.17, 15) is 9.59 Å². The van der Waals surface area contributed by atoms with Crippen LogP contribution in [-0.4, -0.2) is 39.9 Å². The summed E-state index contributed by atoms with van der Waals surface area (Å²) in [7, 11) is 1.33. The van der Waals surface area contributed by atoms with Crippen LogP contribution in [0.4, 0.5) is 5.82 Å². The first-order valence-corrected chi connectivity index (χ1v) is 7.32. The number of esters is 1. The minimum Gasteiger partial charge on any atom is -0.467 e. The van der Waals surface area contributed by atoms with Gasteiger partial charge in [-0.25, -0.2) is 4.79 Å². The Morgan fingerprint density at radius 1 is 1.22 bits per heavy atom. The van der Waals surface area contributed by atoms with Crippen molar-refractivity contribution in [1.29, 1.82) is 0 Å². The van der Waals surface area contributed by atoms with E-state index in [-0.39, 0.29) is 17.4 Å². The number of rotatable bonds is 6. The summed E-state index contributed by atoms with van der Waals surface area (Å²) in [6.07, 6.45) is 0. The molecule has 1 aromatic carbocycles. The molecule has 1 aromatic heterocycles. The highest BCUT2D eigenvalue weighted by Gasteiger charge is 2.27. The predicted octanol–water partition coefficient (Wildman–Crippen LogP) is 2.08. The van der Waals surface area contributed by atoms with Gasteiger partial charge in [-0.05, 0) is 18.1 Å². The fourth-order valence-corrected chi connectivity index (χ4v) is 2.17. The number of anilines is 1. The molecule has 1 heterocycles. The number of aromatic nitrogens is 3. The van der Waals surface area contributed by atoms with E-state index in [1.54, 1.807) is 0 Å². The lowest BCUT2D eigenvalue weighted by Crippen LogP contribution is -2.36. The second-order valence-electron chi connectivity index (χ2n) is 5.48. The number of benzene rings is 1. The maximum absolute atomic E-state index is 12.0. The molecule has 0 amide bonds. The number of ether oxygens (including phenoxy) is 1. The minimum absolute atomic E-state index is 0.0404. The Morgan fingerprint density at radius 3 is 2.39 bits per heavy atom. The van der Waals surface area contributed by atoms with Crippen molar-refractivity contribution in [2.75, 3.05) is 12.4 Å². The number of hydrogen-bond donors (Lipinski definition) is 1. The lowest BCUT2D eigenvalue weighted by atomic mass is 10.0. The Labute approximate surface area is 134 Å². The van der Waals surface area contributed by atoms with E-state index in [1.807, 2.05) is 44.2 Å². The molecular weight excluding hydrogens is 296 g/mol. The number of methoxy groups -OCH3 is 1. The molecule has 7 nitrogen and oxygen atoms in total. The van der Waals surface area contributed by atoms with Gasteiger partial charge >= 0.3 is 5.97 Å². The number of carbonyl (C=O) groups is 2. The standard InChI is InChI=1S/C16H20N4O3/c1-10(2)13(16(22)23-4)17-15-14(11(3)21)18-19-20(15)12-8-6-5-7-9-12/h5-10,13,17H,1-4H3. The fraction of sp³-hybridized carbons (Fsp3) is 0.375. The summed E-state index contributed by atoms with van der Waals surface area (Å²) in [4.78, 5) is 23.8. The zero-order valence-electron chi connectivity index (χ0n) is 13.6. The van der Waals surface area contributed by atoms with Crippen LogP contribution in [-0.2, 0) is 9.53 Å². The second-order valence-corrected chi connectivity index (χ2v) is 5.48. The largest absolute Gasteiger partial charge is 0.467 e. The van der Waals surface area contributed by atoms with Crippen LogP contribution in [0.1, 0.15) is 31.3 Å². The van der Waals surface area contributed by atoms with Gasteiger partial charge in [-0.1, -0.05) is 37.3 Å². The highest BCUT2D eigenvalue weighted by molar-refractivity contribution is 5.97. The number of hydrogen-bond acceptors (Lipinski definition) is 6. The van der Waals surface area contributed by atoms with Crippen LogP contribution in [0.2, 0.25) is 0 Å². The van der Waals surface area contributed by atoms with E-state index in [0.29, 0.717) is 5.82 Å². The summed E-state index contributed by atoms with van der Waals surface area (Å²) in [5, 5.41) is 11.0. The third kappa shape index (κ3) is 3.56. The van der Waals surface area contributed by atoms with Crippen LogP contribution < -0.4 is 5.32 Å². The van der Waals surface area contributed by atoms with E-state index in [0.717, 1.165) is 5.69 Å². The Kier molecular flexibility index (Phi) is 5.10. The van der Waals surface area contributed by atoms with Crippen molar-refractivity contribution in [3.63, 3.8) is 0 Å². The van der Waals surface area contributed by atoms with E-state index in [2.05, 4.69) is 15.6 Å². The van der Waals surface area contributed by atoms with E-state index in [1.165, 1.54) is 18.7 Å². The molecule has 0 aliphatic heterocycles. The van der Waals surface area contributed by atoms with Crippen molar-refractivity contribution in [1.82, 2.24) is 15.0 Å². The first-order chi connectivity index (χ1) is 11.0. The summed E-state index contributed by atoms with van der Waals surface area (Å²) in [6.45, 7) is 5.18. The monoisotopic (exact) mass is 316 g/mol. The second kappa shape index (κ2) is 7.04. The molecule has 1 atom stereocenters. The van der Waals surface area contributed by atoms with Gasteiger partial charge in [-0.2, -0.15) is 4.68 Å². The molecule has 122 valence electrons. The fourth-order valence-electron chi connectivity index (χ4n) is 2.17. The first kappa shape index (κ1) is 16.7. The van der Waals surface area contributed by atoms with Gasteiger partial charge in [-0.3, -0.25) is 4.79 Å². The number of para-hydroxylation sites is 1. The molecule has 0 saturated carbocycles. The Balaban J connectivity index is 2.48. The predicted molar refractivity (Wildman–Crippen MR) is 85.6 cm³/mol. The van der Waals surface area contributed by atoms with Crippen molar-refractivity contribution < 1.29 is 14.3 Å². The quantitative estimate of drug-likeness (QED) is 0.648. The molecule has 0 aliphatic rings. The van der Waals surface area contributed by atoms with E-state index in [4.69, 9.17) is 4.74 Å². The van der Waals surface area contributed by atoms with Crippen molar-refractivity contribution in [3.05, 3.63) is 36.0 Å². The minimum atomic E-state index is -0.612. The summed E-state index contributed by atoms with van der Waals surface area (Å²) in [5.41, 5.74) is 0.922. The molecule has 0 spiro atoms. The van der Waals surface area contributed by atoms with Gasteiger partial charge in [0, 0.05) is 6.92 Å². The lowest BCUT2D eigenvalue weighted by Gasteiger charge is -2.21. The zero-order chi connectivity index (χ0) is 17.0. The molecule has 0 radical (unpaired) electrons. The van der Waals surface area contributed by atoms with Crippen molar-refractivity contribution in [2.45, 2.75) is 26.8 Å². The smallest absolute Gasteiger partial charge is 0.328 e. The molecule has 23 heavy (non-hydrogen) atoms. The van der Waals surface area contributed by atoms with Gasteiger partial charge in [0.25, 0.3) is 0 Å². The molecule has 0 aliphatic carbocycles. The van der Waals surface area contributed by atoms with E-state index >= 15 is 0 Å². The first-order valence-electron chi connectivity index (χ1n) is 7.32. The summed E-state index contributed by atoms with van der Waals surface area (Å²) < 4.78 is 6.34. The highest BCUT2D eigenvalue weighted by Crippen LogP contribution is 2.21. The Morgan fingerprint density at radius 2 is 1.87 bits per heavy atom. The molecule has 1 unspecified atom stereocenters. The summed E-state index contributed by atoms with van der Waals surface area (Å²) >= 11 is 0. The molecule has 2 rings (SSSR count). The van der Waals surface area contributed by atoms with Crippen LogP contribution in [0.25, 0.3) is 5.69 Å². The van der Waals surface area contributed by atoms with Gasteiger partial charge in [-0.15, -0.1) is 5.10 Å². The zero-order valence-corrected chi connectivity index (χ0v) is 13.6. The molecule has 0 bridgehead atoms. The van der Waals surface area contributed by atoms with Gasteiger partial charge in [0.05, 0.1) is 12.8 Å². The maximum Gasteiger partial charge on any atom is 0.328 e. The molecule has 2 aromatic rings. The maximum atomic E-state index is 12.0. The van der Waals surface area contributed by atoms with Crippen LogP contribution in [0.15, 0.2) is 30.3 Å². The van der Waals surface area contributed by atoms with Gasteiger partial charge in [0.2, 0.25) is 0 Å². The van der Waals surface area contributed by atoms with Crippen LogP contribution in [0, 0.1) is 5.92 Å². The number of nitrogens with zero attached hydrogens (tertiary/aromatic N) is 3. The molecule has 0 fully saturated rings. The van der Waals surface area contributed by atoms with Crippen molar-refractivity contribution in [2.24, 2.45) is 5.92 Å². The normalized spacial score (nSPS) is 12.0. The van der Waals surface area contributed by atoms with Crippen LogP contribution in [0.5, 0.6) is 0 Å². The van der Waals surface area contributed by atoms with Crippen LogP contribution in [0.3, 0.4) is 0 Å². The molecule has 0 saturated heterocycles. The SMILES string of the molecule is COC(=O)C(Nc1c(C(C)=O)nnn1-c1ccccc1)C(C)C. The average Bonchev–Trinajstić information content (AvgIpc) is 2.96. The summed E-state index contributed by atoms with van der Waals surface area (Å²) in [5.74, 6) is -0.299. The Bertz CT molecular complexity index is 695. The van der Waals surface area contributed by atoms with Gasteiger partial charge in [0.15, 0.2) is 17.3 Å². The number of ketones is 1. The molecule has 7 heteroatoms. The average molecular weight is 316 g/mol. The highest BCUT2D eigenvalue weighted by atomic mass is 16.5.